The van der Waals surface area contributed by atoms with Crippen LogP contribution in [-0.4, -0.2) is 33.0 Å². The molecule has 0 radical (unpaired) electrons. The van der Waals surface area contributed by atoms with Crippen LogP contribution in [0.3, 0.4) is 0 Å². The monoisotopic (exact) mass is 602 g/mol. The quantitative estimate of drug-likeness (QED) is 0.111. The topological polar surface area (TPSA) is 106 Å². The number of hydrogen-bond acceptors (Lipinski definition) is 5. The van der Waals surface area contributed by atoms with E-state index in [0.29, 0.717) is 11.3 Å². The summed E-state index contributed by atoms with van der Waals surface area (Å²) in [5.74, 6) is -0.189. The second-order valence-electron chi connectivity index (χ2n) is 5.70. The third-order valence-electron chi connectivity index (χ3n) is 3.61. The Bertz CT molecular complexity index is 974. The molecule has 0 aromatic heterocycles. The van der Waals surface area contributed by atoms with Gasteiger partial charge in [0.2, 0.25) is 3.79 Å². The van der Waals surface area contributed by atoms with Crippen molar-refractivity contribution < 1.29 is 14.5 Å². The molecule has 0 bridgehead atoms. The van der Waals surface area contributed by atoms with Gasteiger partial charge in [0, 0.05) is 21.3 Å². The molecular formula is C17H14Cl3IN4O4S. The number of nitrogens with one attached hydrogen (secondary N) is 3. The summed E-state index contributed by atoms with van der Waals surface area (Å²) in [6.45, 7) is 0. The van der Waals surface area contributed by atoms with Crippen LogP contribution in [0.4, 0.5) is 11.4 Å². The van der Waals surface area contributed by atoms with E-state index in [0.717, 1.165) is 3.57 Å². The number of nitro groups is 1. The first-order chi connectivity index (χ1) is 14.0. The van der Waals surface area contributed by atoms with Crippen molar-refractivity contribution in [3.63, 3.8) is 0 Å². The molecule has 3 N–H and O–H groups in total. The summed E-state index contributed by atoms with van der Waals surface area (Å²) in [6.07, 6.45) is -1.21. The van der Waals surface area contributed by atoms with Crippen molar-refractivity contribution in [3.8, 4) is 5.75 Å². The highest BCUT2D eigenvalue weighted by Crippen LogP contribution is 2.31. The molecule has 13 heteroatoms. The lowest BCUT2D eigenvalue weighted by molar-refractivity contribution is -0.384. The number of non-ortho nitro benzene ring substituents is 1. The fraction of sp³-hybridized carbons (Fsp3) is 0.176. The zero-order chi connectivity index (χ0) is 22.5. The van der Waals surface area contributed by atoms with Gasteiger partial charge in [0.25, 0.3) is 11.6 Å². The highest BCUT2D eigenvalue weighted by molar-refractivity contribution is 14.1. The van der Waals surface area contributed by atoms with Crippen molar-refractivity contribution in [1.29, 1.82) is 0 Å². The molecule has 0 saturated carbocycles. The summed E-state index contributed by atoms with van der Waals surface area (Å²) in [4.78, 5) is 23.0. The van der Waals surface area contributed by atoms with Crippen LogP contribution in [0.15, 0.2) is 42.5 Å². The molecule has 1 amide bonds. The van der Waals surface area contributed by atoms with Crippen LogP contribution in [0.1, 0.15) is 10.4 Å². The van der Waals surface area contributed by atoms with E-state index in [4.69, 9.17) is 51.8 Å². The largest absolute Gasteiger partial charge is 0.495 e. The second-order valence-corrected chi connectivity index (χ2v) is 9.72. The van der Waals surface area contributed by atoms with Gasteiger partial charge in [-0.1, -0.05) is 40.9 Å². The van der Waals surface area contributed by atoms with Crippen molar-refractivity contribution in [1.82, 2.24) is 10.6 Å². The standard InChI is InChI=1S/C17H14Cl3IN4O4S/c1-29-13-6-5-11(25(27)28)8-12(13)22-16(30)24-15(17(18,19)20)23-14(26)9-3-2-4-10(21)7-9/h2-8,15H,1H3,(H,23,26)(H2,22,24,30)/t15-/m0/s1. The zero-order valence-electron chi connectivity index (χ0n) is 15.1. The van der Waals surface area contributed by atoms with E-state index >= 15 is 0 Å². The minimum Gasteiger partial charge on any atom is -0.495 e. The van der Waals surface area contributed by atoms with Crippen LogP contribution < -0.4 is 20.7 Å². The smallest absolute Gasteiger partial charge is 0.271 e. The zero-order valence-corrected chi connectivity index (χ0v) is 20.4. The second kappa shape index (κ2) is 10.6. The number of nitrogens with zero attached hydrogens (tertiary/aromatic N) is 1. The minimum absolute atomic E-state index is 0.0620. The molecule has 0 unspecified atom stereocenters. The molecule has 30 heavy (non-hydrogen) atoms. The summed E-state index contributed by atoms with van der Waals surface area (Å²) in [5.41, 5.74) is 0.407. The SMILES string of the molecule is COc1ccc([N+](=O)[O-])cc1NC(=S)N[C@H](NC(=O)c1cccc(I)c1)C(Cl)(Cl)Cl. The number of alkyl halides is 3. The molecule has 8 nitrogen and oxygen atoms in total. The average Bonchev–Trinajstić information content (AvgIpc) is 2.66. The molecule has 0 saturated heterocycles. The Morgan fingerprint density at radius 2 is 1.93 bits per heavy atom. The van der Waals surface area contributed by atoms with Gasteiger partial charge < -0.3 is 20.7 Å². The van der Waals surface area contributed by atoms with E-state index in [1.54, 1.807) is 18.2 Å². The van der Waals surface area contributed by atoms with Crippen LogP contribution in [0, 0.1) is 13.7 Å². The van der Waals surface area contributed by atoms with E-state index in [-0.39, 0.29) is 16.5 Å². The first-order valence-electron chi connectivity index (χ1n) is 8.04. The van der Waals surface area contributed by atoms with Crippen molar-refractivity contribution in [3.05, 3.63) is 61.7 Å². The lowest BCUT2D eigenvalue weighted by Crippen LogP contribution is -2.56. The van der Waals surface area contributed by atoms with Crippen LogP contribution in [-0.2, 0) is 0 Å². The Hall–Kier alpha value is -1.60. The Morgan fingerprint density at radius 3 is 2.50 bits per heavy atom. The number of anilines is 1. The number of methoxy groups -OCH3 is 1. The van der Waals surface area contributed by atoms with Gasteiger partial charge in [-0.25, -0.2) is 0 Å². The number of halogens is 4. The van der Waals surface area contributed by atoms with Gasteiger partial charge in [0.15, 0.2) is 5.11 Å². The Balaban J connectivity index is 2.17. The lowest BCUT2D eigenvalue weighted by Gasteiger charge is -2.28. The van der Waals surface area contributed by atoms with E-state index in [1.807, 2.05) is 6.07 Å². The molecule has 0 aliphatic rings. The van der Waals surface area contributed by atoms with E-state index in [2.05, 4.69) is 38.5 Å². The van der Waals surface area contributed by atoms with Crippen LogP contribution in [0.2, 0.25) is 0 Å². The third-order valence-corrected chi connectivity index (χ3v) is 5.15. The fourth-order valence-electron chi connectivity index (χ4n) is 2.24. The molecule has 2 aromatic carbocycles. The molecule has 0 fully saturated rings. The summed E-state index contributed by atoms with van der Waals surface area (Å²) < 4.78 is 4.06. The number of carbonyl (C=O) groups excluding carboxylic acids is 1. The lowest BCUT2D eigenvalue weighted by atomic mass is 10.2. The first kappa shape index (κ1) is 24.7. The van der Waals surface area contributed by atoms with Crippen LogP contribution in [0.5, 0.6) is 5.75 Å². The van der Waals surface area contributed by atoms with Crippen molar-refractivity contribution >= 4 is 92.0 Å². The minimum atomic E-state index is -1.96. The molecule has 2 aromatic rings. The fourth-order valence-corrected chi connectivity index (χ4v) is 3.34. The normalized spacial score (nSPS) is 11.9. The number of thiocarbonyl (C=S) groups is 1. The number of rotatable bonds is 6. The predicted molar refractivity (Wildman–Crippen MR) is 130 cm³/mol. The molecule has 0 heterocycles. The van der Waals surface area contributed by atoms with Crippen LogP contribution in [0.25, 0.3) is 0 Å². The van der Waals surface area contributed by atoms with Gasteiger partial charge in [-0.3, -0.25) is 14.9 Å². The van der Waals surface area contributed by atoms with Crippen molar-refractivity contribution in [2.75, 3.05) is 12.4 Å². The molecular weight excluding hydrogens is 590 g/mol. The Morgan fingerprint density at radius 1 is 1.23 bits per heavy atom. The molecule has 160 valence electrons. The van der Waals surface area contributed by atoms with Gasteiger partial charge >= 0.3 is 0 Å². The number of benzene rings is 2. The average molecular weight is 604 g/mol. The van der Waals surface area contributed by atoms with Gasteiger partial charge in [-0.2, -0.15) is 0 Å². The summed E-state index contributed by atoms with van der Waals surface area (Å²) >= 11 is 25.2. The number of ether oxygens (including phenoxy) is 1. The van der Waals surface area contributed by atoms with Gasteiger partial charge in [0.05, 0.1) is 17.7 Å². The van der Waals surface area contributed by atoms with Gasteiger partial charge in [-0.15, -0.1) is 0 Å². The molecule has 0 spiro atoms. The Labute approximate surface area is 205 Å². The molecule has 0 aliphatic carbocycles. The van der Waals surface area contributed by atoms with Gasteiger partial charge in [0.1, 0.15) is 11.9 Å². The number of hydrogen-bond donors (Lipinski definition) is 3. The maximum atomic E-state index is 12.5. The van der Waals surface area contributed by atoms with E-state index < -0.39 is 20.8 Å². The Kier molecular flexibility index (Phi) is 8.73. The summed E-state index contributed by atoms with van der Waals surface area (Å²) in [6, 6.07) is 10.7. The third kappa shape index (κ3) is 6.98. The number of nitro benzene ring substituents is 1. The molecule has 2 rings (SSSR count). The summed E-state index contributed by atoms with van der Waals surface area (Å²) in [7, 11) is 1.40. The summed E-state index contributed by atoms with van der Waals surface area (Å²) in [5, 5.41) is 18.9. The first-order valence-corrected chi connectivity index (χ1v) is 10.7. The molecule has 0 aliphatic heterocycles. The van der Waals surface area contributed by atoms with Crippen LogP contribution >= 0.6 is 69.6 Å². The predicted octanol–water partition coefficient (Wildman–Crippen LogP) is 4.62. The number of carbonyl (C=O) groups is 1. The molecule has 1 atom stereocenters. The van der Waals surface area contributed by atoms with Crippen molar-refractivity contribution in [2.24, 2.45) is 0 Å². The highest BCUT2D eigenvalue weighted by atomic mass is 127. The van der Waals surface area contributed by atoms with E-state index in [9.17, 15) is 14.9 Å². The maximum absolute atomic E-state index is 12.5. The van der Waals surface area contributed by atoms with Crippen molar-refractivity contribution in [2.45, 2.75) is 9.96 Å². The highest BCUT2D eigenvalue weighted by Gasteiger charge is 2.35. The van der Waals surface area contributed by atoms with Gasteiger partial charge in [-0.05, 0) is 59.1 Å². The maximum Gasteiger partial charge on any atom is 0.271 e. The number of amides is 1. The van der Waals surface area contributed by atoms with E-state index in [1.165, 1.54) is 25.3 Å².